The Hall–Kier alpha value is -2.21. The molecule has 0 saturated carbocycles. The number of aryl methyl sites for hydroxylation is 1. The second-order valence-corrected chi connectivity index (χ2v) is 4.27. The molecule has 3 rings (SSSR count). The van der Waals surface area contributed by atoms with Crippen LogP contribution < -0.4 is 4.74 Å². The summed E-state index contributed by atoms with van der Waals surface area (Å²) in [6, 6.07) is 6.34. The summed E-state index contributed by atoms with van der Waals surface area (Å²) in [4.78, 5) is 7.86. The number of hydrogen-bond acceptors (Lipinski definition) is 4. The first kappa shape index (κ1) is 11.9. The number of aromatic nitrogens is 4. The first-order valence-electron chi connectivity index (χ1n) is 5.44. The van der Waals surface area contributed by atoms with E-state index in [-0.39, 0.29) is 22.6 Å². The van der Waals surface area contributed by atoms with Gasteiger partial charge in [-0.15, -0.1) is 0 Å². The number of benzene rings is 1. The highest BCUT2D eigenvalue weighted by molar-refractivity contribution is 6.29. The van der Waals surface area contributed by atoms with E-state index in [2.05, 4.69) is 15.1 Å². The Morgan fingerprint density at radius 3 is 3.05 bits per heavy atom. The van der Waals surface area contributed by atoms with Crippen molar-refractivity contribution in [1.29, 1.82) is 0 Å². The van der Waals surface area contributed by atoms with Crippen molar-refractivity contribution < 1.29 is 9.13 Å². The first-order chi connectivity index (χ1) is 9.15. The minimum Gasteiger partial charge on any atom is -0.436 e. The predicted molar refractivity (Wildman–Crippen MR) is 67.0 cm³/mol. The minimum absolute atomic E-state index is 0.0964. The molecule has 3 aromatic rings. The van der Waals surface area contributed by atoms with Crippen molar-refractivity contribution >= 4 is 17.4 Å². The summed E-state index contributed by atoms with van der Waals surface area (Å²) in [5.74, 6) is 0.204. The molecule has 5 nitrogen and oxygen atoms in total. The highest BCUT2D eigenvalue weighted by Crippen LogP contribution is 2.27. The summed E-state index contributed by atoms with van der Waals surface area (Å²) in [6.07, 6.45) is 1.32. The molecule has 7 heteroatoms. The third-order valence-electron chi connectivity index (χ3n) is 2.56. The molecule has 2 heterocycles. The van der Waals surface area contributed by atoms with Crippen LogP contribution in [0.4, 0.5) is 4.39 Å². The number of halogens is 2. The summed E-state index contributed by atoms with van der Waals surface area (Å²) >= 11 is 5.85. The van der Waals surface area contributed by atoms with Crippen LogP contribution in [-0.2, 0) is 0 Å². The fourth-order valence-electron chi connectivity index (χ4n) is 1.64. The monoisotopic (exact) mass is 278 g/mol. The van der Waals surface area contributed by atoms with Crippen LogP contribution in [0.3, 0.4) is 0 Å². The fraction of sp³-hybridized carbons (Fsp3) is 0.0833. The molecule has 0 radical (unpaired) electrons. The molecule has 0 amide bonds. The van der Waals surface area contributed by atoms with E-state index in [0.29, 0.717) is 5.56 Å². The van der Waals surface area contributed by atoms with E-state index in [0.717, 1.165) is 0 Å². The third kappa shape index (κ3) is 2.10. The van der Waals surface area contributed by atoms with Crippen molar-refractivity contribution in [3.63, 3.8) is 0 Å². The maximum Gasteiger partial charge on any atom is 0.256 e. The highest BCUT2D eigenvalue weighted by atomic mass is 35.5. The molecular weight excluding hydrogens is 271 g/mol. The number of ether oxygens (including phenoxy) is 1. The quantitative estimate of drug-likeness (QED) is 0.676. The molecular formula is C12H8ClFN4O. The van der Waals surface area contributed by atoms with Crippen LogP contribution in [0.2, 0.25) is 5.15 Å². The first-order valence-corrected chi connectivity index (χ1v) is 5.82. The molecule has 2 aromatic heterocycles. The Kier molecular flexibility index (Phi) is 2.79. The zero-order valence-electron chi connectivity index (χ0n) is 9.84. The van der Waals surface area contributed by atoms with E-state index in [1.807, 2.05) is 0 Å². The molecule has 0 aliphatic rings. The Balaban J connectivity index is 2.10. The fourth-order valence-corrected chi connectivity index (χ4v) is 1.81. The van der Waals surface area contributed by atoms with Crippen LogP contribution in [0, 0.1) is 12.7 Å². The number of rotatable bonds is 2. The van der Waals surface area contributed by atoms with E-state index >= 15 is 0 Å². The third-order valence-corrected chi connectivity index (χ3v) is 2.75. The molecule has 0 bridgehead atoms. The summed E-state index contributed by atoms with van der Waals surface area (Å²) in [6.45, 7) is 1.66. The van der Waals surface area contributed by atoms with Crippen molar-refractivity contribution in [3.05, 3.63) is 47.1 Å². The van der Waals surface area contributed by atoms with Gasteiger partial charge in [-0.05, 0) is 18.6 Å². The van der Waals surface area contributed by atoms with Gasteiger partial charge >= 0.3 is 0 Å². The van der Waals surface area contributed by atoms with Gasteiger partial charge in [-0.1, -0.05) is 23.7 Å². The van der Waals surface area contributed by atoms with Gasteiger partial charge in [0.2, 0.25) is 5.88 Å². The molecule has 0 aliphatic heterocycles. The maximum atomic E-state index is 13.9. The van der Waals surface area contributed by atoms with Crippen molar-refractivity contribution in [2.45, 2.75) is 6.92 Å². The van der Waals surface area contributed by atoms with Gasteiger partial charge in [0.15, 0.2) is 11.6 Å². The summed E-state index contributed by atoms with van der Waals surface area (Å²) in [5, 5.41) is 4.14. The SMILES string of the molecule is Cc1cccc(Oc2cc(Cl)nc3ncnn23)c1F. The summed E-state index contributed by atoms with van der Waals surface area (Å²) in [5.41, 5.74) is 0.493. The van der Waals surface area contributed by atoms with Gasteiger partial charge in [-0.25, -0.2) is 4.39 Å². The molecule has 0 aliphatic carbocycles. The second kappa shape index (κ2) is 4.47. The van der Waals surface area contributed by atoms with Gasteiger partial charge in [0.1, 0.15) is 11.5 Å². The van der Waals surface area contributed by atoms with Gasteiger partial charge < -0.3 is 4.74 Å². The number of nitrogens with zero attached hydrogens (tertiary/aromatic N) is 4. The lowest BCUT2D eigenvalue weighted by Gasteiger charge is -2.09. The van der Waals surface area contributed by atoms with Crippen LogP contribution in [0.15, 0.2) is 30.6 Å². The van der Waals surface area contributed by atoms with Crippen LogP contribution in [-0.4, -0.2) is 19.6 Å². The molecule has 0 N–H and O–H groups in total. The second-order valence-electron chi connectivity index (χ2n) is 3.88. The Bertz CT molecular complexity index is 759. The summed E-state index contributed by atoms with van der Waals surface area (Å²) < 4.78 is 20.7. The van der Waals surface area contributed by atoms with Gasteiger partial charge in [0.25, 0.3) is 5.78 Å². The standard InChI is InChI=1S/C12H8ClFN4O/c1-7-3-2-4-8(11(7)14)19-10-5-9(13)17-12-15-6-16-18(10)12/h2-6H,1H3. The lowest BCUT2D eigenvalue weighted by atomic mass is 10.2. The van der Waals surface area contributed by atoms with E-state index in [1.54, 1.807) is 19.1 Å². The minimum atomic E-state index is -0.427. The topological polar surface area (TPSA) is 52.3 Å². The van der Waals surface area contributed by atoms with Gasteiger partial charge in [0.05, 0.1) is 0 Å². The van der Waals surface area contributed by atoms with Crippen molar-refractivity contribution in [2.75, 3.05) is 0 Å². The molecule has 96 valence electrons. The van der Waals surface area contributed by atoms with E-state index in [9.17, 15) is 4.39 Å². The van der Waals surface area contributed by atoms with E-state index in [1.165, 1.54) is 23.0 Å². The van der Waals surface area contributed by atoms with Crippen molar-refractivity contribution in [2.24, 2.45) is 0 Å². The Morgan fingerprint density at radius 2 is 2.21 bits per heavy atom. The van der Waals surface area contributed by atoms with E-state index in [4.69, 9.17) is 16.3 Å². The molecule has 0 atom stereocenters. The van der Waals surface area contributed by atoms with E-state index < -0.39 is 5.82 Å². The molecule has 19 heavy (non-hydrogen) atoms. The molecule has 0 spiro atoms. The van der Waals surface area contributed by atoms with Gasteiger partial charge in [-0.3, -0.25) is 0 Å². The average Bonchev–Trinajstić information content (AvgIpc) is 2.83. The zero-order valence-corrected chi connectivity index (χ0v) is 10.6. The molecule has 1 aromatic carbocycles. The molecule has 0 unspecified atom stereocenters. The van der Waals surface area contributed by atoms with Crippen LogP contribution in [0.1, 0.15) is 5.56 Å². The Morgan fingerprint density at radius 1 is 1.37 bits per heavy atom. The normalized spacial score (nSPS) is 10.9. The Labute approximate surface area is 112 Å². The van der Waals surface area contributed by atoms with Crippen LogP contribution in [0.25, 0.3) is 5.78 Å². The predicted octanol–water partition coefficient (Wildman–Crippen LogP) is 3.02. The molecule has 0 fully saturated rings. The largest absolute Gasteiger partial charge is 0.436 e. The van der Waals surface area contributed by atoms with Gasteiger partial charge in [0, 0.05) is 6.07 Å². The highest BCUT2D eigenvalue weighted by Gasteiger charge is 2.12. The zero-order chi connectivity index (χ0) is 13.4. The smallest absolute Gasteiger partial charge is 0.256 e. The van der Waals surface area contributed by atoms with Crippen molar-refractivity contribution in [1.82, 2.24) is 19.6 Å². The number of hydrogen-bond donors (Lipinski definition) is 0. The molecule has 0 saturated heterocycles. The summed E-state index contributed by atoms with van der Waals surface area (Å²) in [7, 11) is 0. The van der Waals surface area contributed by atoms with Crippen molar-refractivity contribution in [3.8, 4) is 11.6 Å². The van der Waals surface area contributed by atoms with Gasteiger partial charge in [-0.2, -0.15) is 19.6 Å². The number of fused-ring (bicyclic) bond motifs is 1. The maximum absolute atomic E-state index is 13.9. The van der Waals surface area contributed by atoms with Crippen LogP contribution in [0.5, 0.6) is 11.6 Å². The average molecular weight is 279 g/mol. The van der Waals surface area contributed by atoms with Crippen LogP contribution >= 0.6 is 11.6 Å². The lowest BCUT2D eigenvalue weighted by Crippen LogP contribution is -1.99. The lowest BCUT2D eigenvalue weighted by molar-refractivity contribution is 0.413.